The largest absolute Gasteiger partial charge is 0.379 e. The van der Waals surface area contributed by atoms with Crippen LogP contribution in [-0.2, 0) is 20.9 Å². The number of carbonyl (C=O) groups excluding carboxylic acids is 2. The summed E-state index contributed by atoms with van der Waals surface area (Å²) >= 11 is 0. The van der Waals surface area contributed by atoms with Crippen LogP contribution in [0.15, 0.2) is 60.7 Å². The molecule has 1 fully saturated rings. The molecule has 0 aliphatic carbocycles. The van der Waals surface area contributed by atoms with Crippen LogP contribution in [0.4, 0.5) is 0 Å². The fourth-order valence-corrected chi connectivity index (χ4v) is 3.78. The van der Waals surface area contributed by atoms with Crippen molar-refractivity contribution in [3.05, 3.63) is 71.8 Å². The maximum atomic E-state index is 13.4. The first-order valence-electron chi connectivity index (χ1n) is 11.0. The molecule has 31 heavy (non-hydrogen) atoms. The van der Waals surface area contributed by atoms with Gasteiger partial charge < -0.3 is 15.0 Å². The van der Waals surface area contributed by atoms with Gasteiger partial charge in [-0.25, -0.2) is 0 Å². The van der Waals surface area contributed by atoms with E-state index in [-0.39, 0.29) is 17.7 Å². The molecule has 166 valence electrons. The normalized spacial score (nSPS) is 15.5. The van der Waals surface area contributed by atoms with Crippen molar-refractivity contribution in [3.8, 4) is 0 Å². The lowest BCUT2D eigenvalue weighted by molar-refractivity contribution is -0.144. The predicted octanol–water partition coefficient (Wildman–Crippen LogP) is 2.86. The van der Waals surface area contributed by atoms with E-state index in [1.165, 1.54) is 0 Å². The highest BCUT2D eigenvalue weighted by molar-refractivity contribution is 5.89. The van der Waals surface area contributed by atoms with Gasteiger partial charge in [-0.2, -0.15) is 0 Å². The van der Waals surface area contributed by atoms with Crippen LogP contribution in [0, 0.1) is 5.92 Å². The number of morpholine rings is 1. The molecule has 1 aliphatic rings. The van der Waals surface area contributed by atoms with Crippen LogP contribution >= 0.6 is 0 Å². The lowest BCUT2D eigenvalue weighted by Crippen LogP contribution is -2.47. The van der Waals surface area contributed by atoms with Gasteiger partial charge in [0.05, 0.1) is 13.2 Å². The summed E-state index contributed by atoms with van der Waals surface area (Å²) in [7, 11) is 0. The van der Waals surface area contributed by atoms with E-state index in [0.29, 0.717) is 13.1 Å². The van der Waals surface area contributed by atoms with Crippen molar-refractivity contribution < 1.29 is 14.3 Å². The van der Waals surface area contributed by atoms with E-state index in [1.807, 2.05) is 74.5 Å². The molecule has 1 saturated heterocycles. The topological polar surface area (TPSA) is 61.9 Å². The van der Waals surface area contributed by atoms with Crippen LogP contribution in [-0.4, -0.2) is 61.0 Å². The van der Waals surface area contributed by atoms with Gasteiger partial charge in [-0.05, 0) is 11.1 Å². The van der Waals surface area contributed by atoms with E-state index in [2.05, 4.69) is 10.2 Å². The Kier molecular flexibility index (Phi) is 8.62. The van der Waals surface area contributed by atoms with Gasteiger partial charge in [0.1, 0.15) is 6.04 Å². The van der Waals surface area contributed by atoms with E-state index in [4.69, 9.17) is 4.74 Å². The van der Waals surface area contributed by atoms with Crippen molar-refractivity contribution in [2.45, 2.75) is 26.4 Å². The number of ether oxygens (including phenoxy) is 1. The fourth-order valence-electron chi connectivity index (χ4n) is 3.78. The summed E-state index contributed by atoms with van der Waals surface area (Å²) in [6.45, 7) is 8.66. The van der Waals surface area contributed by atoms with Gasteiger partial charge in [-0.1, -0.05) is 74.5 Å². The van der Waals surface area contributed by atoms with E-state index in [1.54, 1.807) is 4.90 Å². The van der Waals surface area contributed by atoms with Crippen LogP contribution in [0.3, 0.4) is 0 Å². The summed E-state index contributed by atoms with van der Waals surface area (Å²) in [5.41, 5.74) is 1.81. The van der Waals surface area contributed by atoms with Gasteiger partial charge in [0.25, 0.3) is 0 Å². The van der Waals surface area contributed by atoms with E-state index >= 15 is 0 Å². The summed E-state index contributed by atoms with van der Waals surface area (Å²) in [5.74, 6) is -0.401. The first kappa shape index (κ1) is 23.0. The quantitative estimate of drug-likeness (QED) is 0.674. The second-order valence-corrected chi connectivity index (χ2v) is 8.16. The van der Waals surface area contributed by atoms with Gasteiger partial charge in [0, 0.05) is 38.6 Å². The Labute approximate surface area is 185 Å². The summed E-state index contributed by atoms with van der Waals surface area (Å²) in [6.07, 6.45) is 0. The van der Waals surface area contributed by atoms with Crippen molar-refractivity contribution >= 4 is 11.8 Å². The Morgan fingerprint density at radius 1 is 1.00 bits per heavy atom. The number of hydrogen-bond acceptors (Lipinski definition) is 4. The van der Waals surface area contributed by atoms with Gasteiger partial charge in [0.2, 0.25) is 11.8 Å². The average molecular weight is 424 g/mol. The summed E-state index contributed by atoms with van der Waals surface area (Å²) in [4.78, 5) is 30.6. The van der Waals surface area contributed by atoms with Gasteiger partial charge in [-0.15, -0.1) is 0 Å². The number of benzene rings is 2. The van der Waals surface area contributed by atoms with Crippen molar-refractivity contribution in [1.82, 2.24) is 15.1 Å². The molecule has 2 amide bonds. The summed E-state index contributed by atoms with van der Waals surface area (Å²) < 4.78 is 5.39. The first-order valence-corrected chi connectivity index (χ1v) is 11.0. The van der Waals surface area contributed by atoms with Gasteiger partial charge in [0.15, 0.2) is 0 Å². The molecule has 1 aliphatic heterocycles. The second kappa shape index (κ2) is 11.6. The Balaban J connectivity index is 1.80. The molecule has 0 spiro atoms. The van der Waals surface area contributed by atoms with E-state index < -0.39 is 6.04 Å². The van der Waals surface area contributed by atoms with Crippen molar-refractivity contribution in [2.24, 2.45) is 5.92 Å². The molecular formula is C25H33N3O3. The molecular weight excluding hydrogens is 390 g/mol. The molecule has 6 nitrogen and oxygen atoms in total. The predicted molar refractivity (Wildman–Crippen MR) is 121 cm³/mol. The molecule has 0 unspecified atom stereocenters. The number of amides is 2. The number of rotatable bonds is 9. The minimum Gasteiger partial charge on any atom is -0.379 e. The van der Waals surface area contributed by atoms with Crippen molar-refractivity contribution in [1.29, 1.82) is 0 Å². The molecule has 0 saturated carbocycles. The van der Waals surface area contributed by atoms with Gasteiger partial charge >= 0.3 is 0 Å². The monoisotopic (exact) mass is 423 g/mol. The molecule has 1 atom stereocenters. The number of hydrogen-bond donors (Lipinski definition) is 1. The smallest absolute Gasteiger partial charge is 0.247 e. The zero-order chi connectivity index (χ0) is 22.1. The van der Waals surface area contributed by atoms with Crippen LogP contribution < -0.4 is 5.32 Å². The Morgan fingerprint density at radius 2 is 1.61 bits per heavy atom. The SMILES string of the molecule is CC(C)C(=O)N(Cc1ccccc1)[C@@H](C(=O)NCCN1CCOCC1)c1ccccc1. The van der Waals surface area contributed by atoms with Gasteiger partial charge in [-0.3, -0.25) is 14.5 Å². The van der Waals surface area contributed by atoms with Crippen LogP contribution in [0.2, 0.25) is 0 Å². The number of nitrogens with one attached hydrogen (secondary N) is 1. The molecule has 1 heterocycles. The Bertz CT molecular complexity index is 820. The van der Waals surface area contributed by atoms with E-state index in [9.17, 15) is 9.59 Å². The highest BCUT2D eigenvalue weighted by Crippen LogP contribution is 2.25. The summed E-state index contributed by atoms with van der Waals surface area (Å²) in [6, 6.07) is 18.7. The molecule has 1 N–H and O–H groups in total. The maximum Gasteiger partial charge on any atom is 0.247 e. The second-order valence-electron chi connectivity index (χ2n) is 8.16. The standard InChI is InChI=1S/C25H33N3O3/c1-20(2)25(30)28(19-21-9-5-3-6-10-21)23(22-11-7-4-8-12-22)24(29)26-13-14-27-15-17-31-18-16-27/h3-12,20,23H,13-19H2,1-2H3,(H,26,29)/t23-/m1/s1. The minimum absolute atomic E-state index is 0.0407. The molecule has 3 rings (SSSR count). The molecule has 0 bridgehead atoms. The number of carbonyl (C=O) groups is 2. The first-order chi connectivity index (χ1) is 15.1. The average Bonchev–Trinajstić information content (AvgIpc) is 2.80. The van der Waals surface area contributed by atoms with Crippen molar-refractivity contribution in [2.75, 3.05) is 39.4 Å². The third-order valence-electron chi connectivity index (χ3n) is 5.48. The lowest BCUT2D eigenvalue weighted by Gasteiger charge is -2.33. The third kappa shape index (κ3) is 6.64. The fraction of sp³-hybridized carbons (Fsp3) is 0.440. The van der Waals surface area contributed by atoms with E-state index in [0.717, 1.165) is 44.0 Å². The molecule has 2 aromatic carbocycles. The third-order valence-corrected chi connectivity index (χ3v) is 5.48. The molecule has 0 aromatic heterocycles. The van der Waals surface area contributed by atoms with Crippen molar-refractivity contribution in [3.63, 3.8) is 0 Å². The lowest BCUT2D eigenvalue weighted by atomic mass is 10.0. The highest BCUT2D eigenvalue weighted by Gasteiger charge is 2.32. The Hall–Kier alpha value is -2.70. The highest BCUT2D eigenvalue weighted by atomic mass is 16.5. The Morgan fingerprint density at radius 3 is 2.23 bits per heavy atom. The van der Waals surface area contributed by atoms with Crippen LogP contribution in [0.25, 0.3) is 0 Å². The minimum atomic E-state index is -0.680. The molecule has 6 heteroatoms. The zero-order valence-electron chi connectivity index (χ0n) is 18.5. The molecule has 2 aromatic rings. The maximum absolute atomic E-state index is 13.4. The molecule has 0 radical (unpaired) electrons. The van der Waals surface area contributed by atoms with Crippen LogP contribution in [0.5, 0.6) is 0 Å². The summed E-state index contributed by atoms with van der Waals surface area (Å²) in [5, 5.41) is 3.07. The van der Waals surface area contributed by atoms with Crippen LogP contribution in [0.1, 0.15) is 31.0 Å². The zero-order valence-corrected chi connectivity index (χ0v) is 18.5. The number of nitrogens with zero attached hydrogens (tertiary/aromatic N) is 2.